The van der Waals surface area contributed by atoms with E-state index in [-0.39, 0.29) is 24.6 Å². The molecule has 1 atom stereocenters. The van der Waals surface area contributed by atoms with Gasteiger partial charge in [0.15, 0.2) is 0 Å². The van der Waals surface area contributed by atoms with Crippen LogP contribution in [0, 0.1) is 11.2 Å². The number of anilines is 1. The summed E-state index contributed by atoms with van der Waals surface area (Å²) in [5.74, 6) is 2.45. The number of piperidine rings is 1. The first-order valence-corrected chi connectivity index (χ1v) is 9.25. The fourth-order valence-corrected chi connectivity index (χ4v) is 3.44. The van der Waals surface area contributed by atoms with E-state index in [0.717, 1.165) is 31.2 Å². The number of imide groups is 1. The van der Waals surface area contributed by atoms with Crippen LogP contribution in [0.2, 0.25) is 12.6 Å². The average molecular weight is 339 g/mol. The topological polar surface area (TPSA) is 82.0 Å². The van der Waals surface area contributed by atoms with Crippen LogP contribution in [-0.2, 0) is 9.59 Å². The van der Waals surface area contributed by atoms with Crippen molar-refractivity contribution in [1.82, 2.24) is 5.32 Å². The highest BCUT2D eigenvalue weighted by atomic mass is 16.2. The fourth-order valence-electron chi connectivity index (χ4n) is 3.44. The maximum atomic E-state index is 11.8. The molecule has 0 aliphatic carbocycles. The summed E-state index contributed by atoms with van der Waals surface area (Å²) in [5, 5.41) is 14.5. The van der Waals surface area contributed by atoms with Gasteiger partial charge in [0.25, 0.3) is 6.71 Å². The normalized spacial score (nSPS) is 20.8. The smallest absolute Gasteiger partial charge is 0.267 e. The van der Waals surface area contributed by atoms with Gasteiger partial charge in [0.2, 0.25) is 11.8 Å². The first-order valence-electron chi connectivity index (χ1n) is 9.25. The van der Waals surface area contributed by atoms with Crippen LogP contribution in [0.4, 0.5) is 5.69 Å². The van der Waals surface area contributed by atoms with Crippen LogP contribution in [0.3, 0.4) is 0 Å². The maximum Gasteiger partial charge on any atom is 0.267 e. The molecule has 2 fully saturated rings. The molecule has 0 aromatic heterocycles. The molecule has 1 unspecified atom stereocenters. The molecule has 2 amide bonds. The molecule has 0 radical (unpaired) electrons. The zero-order valence-electron chi connectivity index (χ0n) is 15.0. The third-order valence-corrected chi connectivity index (χ3v) is 4.87. The molecule has 25 heavy (non-hydrogen) atoms. The van der Waals surface area contributed by atoms with Gasteiger partial charge >= 0.3 is 0 Å². The molecule has 2 N–H and O–H groups in total. The lowest BCUT2D eigenvalue weighted by Gasteiger charge is -2.25. The van der Waals surface area contributed by atoms with E-state index in [9.17, 15) is 9.59 Å². The van der Waals surface area contributed by atoms with Crippen molar-refractivity contribution in [2.45, 2.75) is 64.1 Å². The van der Waals surface area contributed by atoms with Crippen LogP contribution in [0.5, 0.6) is 0 Å². The van der Waals surface area contributed by atoms with Crippen molar-refractivity contribution < 1.29 is 9.59 Å². The van der Waals surface area contributed by atoms with Crippen LogP contribution in [0.15, 0.2) is 24.3 Å². The molecule has 5 nitrogen and oxygen atoms in total. The second-order valence-electron chi connectivity index (χ2n) is 6.45. The summed E-state index contributed by atoms with van der Waals surface area (Å²) in [4.78, 5) is 22.9. The van der Waals surface area contributed by atoms with E-state index in [1.165, 1.54) is 5.56 Å². The second-order valence-corrected chi connectivity index (χ2v) is 6.45. The van der Waals surface area contributed by atoms with E-state index in [0.29, 0.717) is 18.8 Å². The summed E-state index contributed by atoms with van der Waals surface area (Å²) in [6.45, 7) is 4.22. The van der Waals surface area contributed by atoms with Gasteiger partial charge in [-0.15, -0.1) is 0 Å². The molecule has 0 spiro atoms. The summed E-state index contributed by atoms with van der Waals surface area (Å²) >= 11 is 0. The second kappa shape index (κ2) is 9.26. The molecular weight excluding hydrogens is 313 g/mol. The summed E-state index contributed by atoms with van der Waals surface area (Å²) in [6, 6.07) is 7.85. The summed E-state index contributed by atoms with van der Waals surface area (Å²) in [6.07, 6.45) is 5.01. The molecule has 2 aliphatic heterocycles. The Labute approximate surface area is 150 Å². The Morgan fingerprint density at radius 3 is 2.32 bits per heavy atom. The van der Waals surface area contributed by atoms with Crippen molar-refractivity contribution in [1.29, 1.82) is 5.26 Å². The Morgan fingerprint density at radius 2 is 1.76 bits per heavy atom. The van der Waals surface area contributed by atoms with Crippen molar-refractivity contribution in [3.05, 3.63) is 29.8 Å². The van der Waals surface area contributed by atoms with E-state index in [4.69, 9.17) is 5.26 Å². The molecule has 132 valence electrons. The van der Waals surface area contributed by atoms with E-state index < -0.39 is 0 Å². The zero-order valence-corrected chi connectivity index (χ0v) is 15.0. The molecule has 2 heterocycles. The van der Waals surface area contributed by atoms with Crippen molar-refractivity contribution in [3.63, 3.8) is 0 Å². The van der Waals surface area contributed by atoms with Gasteiger partial charge in [-0.3, -0.25) is 14.9 Å². The number of amides is 2. The molecule has 2 aliphatic rings. The van der Waals surface area contributed by atoms with Crippen molar-refractivity contribution >= 4 is 24.2 Å². The number of rotatable bonds is 3. The van der Waals surface area contributed by atoms with Gasteiger partial charge in [-0.25, -0.2) is 5.26 Å². The van der Waals surface area contributed by atoms with E-state index in [1.54, 1.807) is 0 Å². The average Bonchev–Trinajstić information content (AvgIpc) is 2.66. The minimum Gasteiger partial charge on any atom is -0.374 e. The number of carbonyl (C=O) groups is 2. The van der Waals surface area contributed by atoms with E-state index >= 15 is 0 Å². The Balaban J connectivity index is 0.00000109. The number of hydrogen-bond acceptors (Lipinski definition) is 4. The third kappa shape index (κ3) is 5.09. The molecule has 1 aromatic rings. The quantitative estimate of drug-likeness (QED) is 0.653. The standard InChI is InChI=1S/C17H20BN3O2.C2H6/c19-11-18-9-7-13(8-10-18)12-1-3-14(4-2-12)20-15-5-6-16(22)21-17(15)23;1-2/h1-4,13,15,20H,5-10H2,(H,21,22,23);1-2H3. The monoisotopic (exact) mass is 339 g/mol. The highest BCUT2D eigenvalue weighted by Crippen LogP contribution is 2.33. The molecule has 6 heteroatoms. The number of carbonyl (C=O) groups excluding carboxylic acids is 2. The van der Waals surface area contributed by atoms with Crippen LogP contribution in [-0.4, -0.2) is 24.6 Å². The van der Waals surface area contributed by atoms with Gasteiger partial charge in [-0.2, -0.15) is 0 Å². The number of nitriles is 1. The van der Waals surface area contributed by atoms with Crippen LogP contribution < -0.4 is 10.6 Å². The SMILES string of the molecule is CC.N#CB1CCC(c2ccc(NC3CCC(=O)NC3=O)cc2)CC1. The molecule has 1 aromatic carbocycles. The van der Waals surface area contributed by atoms with Gasteiger partial charge in [0.05, 0.1) is 0 Å². The van der Waals surface area contributed by atoms with E-state index in [1.807, 2.05) is 26.0 Å². The van der Waals surface area contributed by atoms with Crippen LogP contribution >= 0.6 is 0 Å². The largest absolute Gasteiger partial charge is 0.374 e. The van der Waals surface area contributed by atoms with Gasteiger partial charge in [0, 0.05) is 18.1 Å². The highest BCUT2D eigenvalue weighted by molar-refractivity contribution is 6.67. The Bertz CT molecular complexity index is 631. The number of nitrogens with one attached hydrogen (secondary N) is 2. The van der Waals surface area contributed by atoms with Crippen molar-refractivity contribution in [2.24, 2.45) is 0 Å². The Kier molecular flexibility index (Phi) is 7.06. The van der Waals surface area contributed by atoms with Crippen LogP contribution in [0.1, 0.15) is 51.0 Å². The molecular formula is C19H26BN3O2. The maximum absolute atomic E-state index is 11.8. The number of hydrogen-bond donors (Lipinski definition) is 2. The number of benzene rings is 1. The Hall–Kier alpha value is -2.29. The third-order valence-electron chi connectivity index (χ3n) is 4.87. The lowest BCUT2D eigenvalue weighted by molar-refractivity contribution is -0.133. The molecule has 2 saturated heterocycles. The minimum absolute atomic E-state index is 0.198. The molecule has 3 rings (SSSR count). The Morgan fingerprint density at radius 1 is 1.12 bits per heavy atom. The van der Waals surface area contributed by atoms with Crippen molar-refractivity contribution in [3.8, 4) is 5.97 Å². The first-order chi connectivity index (χ1) is 12.2. The fraction of sp³-hybridized carbons (Fsp3) is 0.526. The zero-order chi connectivity index (χ0) is 18.2. The first kappa shape index (κ1) is 19.0. The predicted octanol–water partition coefficient (Wildman–Crippen LogP) is 3.36. The minimum atomic E-state index is -0.343. The molecule has 0 bridgehead atoms. The lowest BCUT2D eigenvalue weighted by atomic mass is 9.41. The van der Waals surface area contributed by atoms with Crippen molar-refractivity contribution in [2.75, 3.05) is 5.32 Å². The lowest BCUT2D eigenvalue weighted by Crippen LogP contribution is -2.47. The predicted molar refractivity (Wildman–Crippen MR) is 101 cm³/mol. The van der Waals surface area contributed by atoms with Crippen LogP contribution in [0.25, 0.3) is 0 Å². The number of nitrogens with zero attached hydrogens (tertiary/aromatic N) is 1. The van der Waals surface area contributed by atoms with E-state index in [2.05, 4.69) is 28.7 Å². The van der Waals surface area contributed by atoms with Gasteiger partial charge in [-0.1, -0.05) is 51.5 Å². The summed E-state index contributed by atoms with van der Waals surface area (Å²) < 4.78 is 0. The van der Waals surface area contributed by atoms with Gasteiger partial charge in [-0.05, 0) is 30.0 Å². The van der Waals surface area contributed by atoms with Gasteiger partial charge < -0.3 is 5.32 Å². The van der Waals surface area contributed by atoms with Gasteiger partial charge in [0.1, 0.15) is 6.04 Å². The summed E-state index contributed by atoms with van der Waals surface area (Å²) in [7, 11) is 0. The summed E-state index contributed by atoms with van der Waals surface area (Å²) in [5.41, 5.74) is 2.20. The highest BCUT2D eigenvalue weighted by Gasteiger charge is 2.27. The molecule has 0 saturated carbocycles.